The van der Waals surface area contributed by atoms with Gasteiger partial charge in [0.15, 0.2) is 0 Å². The quantitative estimate of drug-likeness (QED) is 0.472. The van der Waals surface area contributed by atoms with Crippen molar-refractivity contribution in [1.29, 1.82) is 0 Å². The van der Waals surface area contributed by atoms with Crippen molar-refractivity contribution in [3.05, 3.63) is 12.4 Å². The fraction of sp³-hybridized carbons (Fsp3) is 0.556. The number of hydrogen-bond donors (Lipinski definition) is 3. The molecule has 0 amide bonds. The van der Waals surface area contributed by atoms with E-state index in [4.69, 9.17) is 10.6 Å². The van der Waals surface area contributed by atoms with Crippen molar-refractivity contribution in [2.45, 2.75) is 20.0 Å². The van der Waals surface area contributed by atoms with Gasteiger partial charge in [-0.2, -0.15) is 0 Å². The number of anilines is 2. The van der Waals surface area contributed by atoms with E-state index < -0.39 is 0 Å². The monoisotopic (exact) mass is 211 g/mol. The number of nitrogens with one attached hydrogen (secondary N) is 2. The normalized spacial score (nSPS) is 12.2. The number of hydrogen-bond acceptors (Lipinski definition) is 6. The summed E-state index contributed by atoms with van der Waals surface area (Å²) in [5.41, 5.74) is 2.46. The fourth-order valence-electron chi connectivity index (χ4n) is 1.12. The van der Waals surface area contributed by atoms with Crippen molar-refractivity contribution in [3.63, 3.8) is 0 Å². The number of rotatable bonds is 6. The molecule has 0 radical (unpaired) electrons. The Kier molecular flexibility index (Phi) is 4.79. The SMILES string of the molecule is CCOC(C)CNc1cc(NN)ncn1. The van der Waals surface area contributed by atoms with Gasteiger partial charge >= 0.3 is 0 Å². The van der Waals surface area contributed by atoms with Crippen LogP contribution in [0.2, 0.25) is 0 Å². The molecule has 6 heteroatoms. The van der Waals surface area contributed by atoms with E-state index in [1.54, 1.807) is 6.07 Å². The van der Waals surface area contributed by atoms with Gasteiger partial charge in [-0.3, -0.25) is 0 Å². The zero-order chi connectivity index (χ0) is 11.1. The lowest BCUT2D eigenvalue weighted by Gasteiger charge is -2.13. The first kappa shape index (κ1) is 11.7. The summed E-state index contributed by atoms with van der Waals surface area (Å²) >= 11 is 0. The van der Waals surface area contributed by atoms with Crippen LogP contribution in [-0.2, 0) is 4.74 Å². The van der Waals surface area contributed by atoms with Crippen LogP contribution in [0.3, 0.4) is 0 Å². The summed E-state index contributed by atoms with van der Waals surface area (Å²) in [5.74, 6) is 6.54. The number of aromatic nitrogens is 2. The number of hydrazine groups is 1. The molecule has 0 spiro atoms. The lowest BCUT2D eigenvalue weighted by Crippen LogP contribution is -2.20. The molecule has 0 fully saturated rings. The molecule has 15 heavy (non-hydrogen) atoms. The van der Waals surface area contributed by atoms with Crippen molar-refractivity contribution >= 4 is 11.6 Å². The predicted octanol–water partition coefficient (Wildman–Crippen LogP) is 0.599. The molecule has 1 atom stereocenters. The standard InChI is InChI=1S/C9H17N5O/c1-3-15-7(2)5-11-8-4-9(14-10)13-6-12-8/h4,6-7H,3,5,10H2,1-2H3,(H2,11,12,13,14). The molecule has 1 rings (SSSR count). The molecule has 0 saturated carbocycles. The number of ether oxygens (including phenoxy) is 1. The van der Waals surface area contributed by atoms with Crippen molar-refractivity contribution in [2.75, 3.05) is 23.9 Å². The topological polar surface area (TPSA) is 85.1 Å². The summed E-state index contributed by atoms with van der Waals surface area (Å²) < 4.78 is 5.37. The van der Waals surface area contributed by atoms with Crippen LogP contribution in [0, 0.1) is 0 Å². The Morgan fingerprint density at radius 2 is 2.20 bits per heavy atom. The summed E-state index contributed by atoms with van der Waals surface area (Å²) in [5, 5.41) is 3.13. The van der Waals surface area contributed by atoms with Crippen molar-refractivity contribution < 1.29 is 4.74 Å². The third-order valence-corrected chi connectivity index (χ3v) is 1.84. The maximum atomic E-state index is 5.37. The van der Waals surface area contributed by atoms with E-state index in [1.165, 1.54) is 6.33 Å². The molecular weight excluding hydrogens is 194 g/mol. The van der Waals surface area contributed by atoms with E-state index in [1.807, 2.05) is 13.8 Å². The van der Waals surface area contributed by atoms with Crippen LogP contribution in [0.15, 0.2) is 12.4 Å². The minimum Gasteiger partial charge on any atom is -0.377 e. The number of nitrogen functional groups attached to an aromatic ring is 1. The Morgan fingerprint density at radius 3 is 2.87 bits per heavy atom. The van der Waals surface area contributed by atoms with Crippen LogP contribution in [-0.4, -0.2) is 29.2 Å². The van der Waals surface area contributed by atoms with Crippen LogP contribution < -0.4 is 16.6 Å². The Morgan fingerprint density at radius 1 is 1.47 bits per heavy atom. The van der Waals surface area contributed by atoms with Crippen molar-refractivity contribution in [2.24, 2.45) is 5.84 Å². The zero-order valence-electron chi connectivity index (χ0n) is 9.03. The molecule has 0 aromatic carbocycles. The van der Waals surface area contributed by atoms with Crippen LogP contribution in [0.1, 0.15) is 13.8 Å². The van der Waals surface area contributed by atoms with E-state index in [-0.39, 0.29) is 6.10 Å². The third-order valence-electron chi connectivity index (χ3n) is 1.84. The highest BCUT2D eigenvalue weighted by Crippen LogP contribution is 2.07. The second-order valence-electron chi connectivity index (χ2n) is 3.08. The minimum atomic E-state index is 0.152. The van der Waals surface area contributed by atoms with Gasteiger partial charge in [0.2, 0.25) is 0 Å². The molecule has 6 nitrogen and oxygen atoms in total. The van der Waals surface area contributed by atoms with Gasteiger partial charge in [0.05, 0.1) is 6.10 Å². The number of nitrogens with two attached hydrogens (primary N) is 1. The van der Waals surface area contributed by atoms with Crippen molar-refractivity contribution in [3.8, 4) is 0 Å². The summed E-state index contributed by atoms with van der Waals surface area (Å²) in [4.78, 5) is 7.95. The van der Waals surface area contributed by atoms with Gasteiger partial charge in [0, 0.05) is 19.2 Å². The average Bonchev–Trinajstić information content (AvgIpc) is 2.27. The predicted molar refractivity (Wildman–Crippen MR) is 59.4 cm³/mol. The third kappa shape index (κ3) is 4.09. The summed E-state index contributed by atoms with van der Waals surface area (Å²) in [7, 11) is 0. The van der Waals surface area contributed by atoms with Gasteiger partial charge in [0.25, 0.3) is 0 Å². The highest BCUT2D eigenvalue weighted by Gasteiger charge is 2.01. The second kappa shape index (κ2) is 6.15. The molecule has 1 aromatic rings. The van der Waals surface area contributed by atoms with E-state index in [9.17, 15) is 0 Å². The first-order chi connectivity index (χ1) is 7.26. The Hall–Kier alpha value is -1.40. The molecule has 0 saturated heterocycles. The van der Waals surface area contributed by atoms with E-state index in [0.717, 1.165) is 5.82 Å². The van der Waals surface area contributed by atoms with Gasteiger partial charge in [-0.05, 0) is 13.8 Å². The first-order valence-corrected chi connectivity index (χ1v) is 4.90. The molecule has 1 unspecified atom stereocenters. The van der Waals surface area contributed by atoms with E-state index >= 15 is 0 Å². The molecule has 0 aliphatic heterocycles. The number of nitrogens with zero attached hydrogens (tertiary/aromatic N) is 2. The van der Waals surface area contributed by atoms with Gasteiger partial charge in [0.1, 0.15) is 18.0 Å². The maximum Gasteiger partial charge on any atom is 0.145 e. The highest BCUT2D eigenvalue weighted by molar-refractivity contribution is 5.45. The summed E-state index contributed by atoms with van der Waals surface area (Å²) in [6.45, 7) is 5.38. The highest BCUT2D eigenvalue weighted by atomic mass is 16.5. The lowest BCUT2D eigenvalue weighted by molar-refractivity contribution is 0.0855. The molecular formula is C9H17N5O. The van der Waals surface area contributed by atoms with Crippen LogP contribution in [0.25, 0.3) is 0 Å². The summed E-state index contributed by atoms with van der Waals surface area (Å²) in [6, 6.07) is 1.73. The molecule has 0 aliphatic carbocycles. The van der Waals surface area contributed by atoms with Crippen molar-refractivity contribution in [1.82, 2.24) is 9.97 Å². The van der Waals surface area contributed by atoms with Crippen LogP contribution in [0.5, 0.6) is 0 Å². The van der Waals surface area contributed by atoms with Gasteiger partial charge in [-0.15, -0.1) is 0 Å². The lowest BCUT2D eigenvalue weighted by atomic mass is 10.4. The van der Waals surface area contributed by atoms with E-state index in [2.05, 4.69) is 20.7 Å². The van der Waals surface area contributed by atoms with Crippen LogP contribution >= 0.6 is 0 Å². The fourth-order valence-corrected chi connectivity index (χ4v) is 1.12. The first-order valence-electron chi connectivity index (χ1n) is 4.90. The second-order valence-corrected chi connectivity index (χ2v) is 3.08. The summed E-state index contributed by atoms with van der Waals surface area (Å²) in [6.07, 6.45) is 1.60. The smallest absolute Gasteiger partial charge is 0.145 e. The Bertz CT molecular complexity index is 294. The molecule has 1 heterocycles. The molecule has 0 aliphatic rings. The minimum absolute atomic E-state index is 0.152. The molecule has 1 aromatic heterocycles. The molecule has 84 valence electrons. The zero-order valence-corrected chi connectivity index (χ0v) is 9.03. The molecule has 4 N–H and O–H groups in total. The van der Waals surface area contributed by atoms with Crippen LogP contribution in [0.4, 0.5) is 11.6 Å². The molecule has 0 bridgehead atoms. The van der Waals surface area contributed by atoms with Gasteiger partial charge in [-0.25, -0.2) is 15.8 Å². The van der Waals surface area contributed by atoms with Gasteiger partial charge in [-0.1, -0.05) is 0 Å². The largest absolute Gasteiger partial charge is 0.377 e. The van der Waals surface area contributed by atoms with E-state index in [0.29, 0.717) is 19.0 Å². The maximum absolute atomic E-state index is 5.37. The Labute approximate surface area is 89.2 Å². The average molecular weight is 211 g/mol. The Balaban J connectivity index is 2.43. The van der Waals surface area contributed by atoms with Gasteiger partial charge < -0.3 is 15.5 Å².